The Balaban J connectivity index is 1.46. The first-order valence-electron chi connectivity index (χ1n) is 15.2. The fourth-order valence-electron chi connectivity index (χ4n) is 3.77. The topological polar surface area (TPSA) is 228 Å². The highest BCUT2D eigenvalue weighted by Crippen LogP contribution is 2.09. The van der Waals surface area contributed by atoms with E-state index in [4.69, 9.17) is 24.1 Å². The molecule has 0 aromatic carbocycles. The molecule has 0 fully saturated rings. The lowest BCUT2D eigenvalue weighted by atomic mass is 10.2. The Morgan fingerprint density at radius 3 is 2.35 bits per heavy atom. The molecule has 2 rings (SSSR count). The third-order valence-electron chi connectivity index (χ3n) is 6.11. The zero-order valence-electron chi connectivity index (χ0n) is 25.9. The van der Waals surface area contributed by atoms with E-state index in [0.29, 0.717) is 96.8 Å². The molecule has 1 aliphatic heterocycles. The van der Waals surface area contributed by atoms with Gasteiger partial charge in [-0.3, -0.25) is 29.2 Å². The summed E-state index contributed by atoms with van der Waals surface area (Å²) in [5.41, 5.74) is 0.769. The number of nitrogens with one attached hydrogen (secondary N) is 5. The molecule has 0 aliphatic carbocycles. The van der Waals surface area contributed by atoms with Crippen molar-refractivity contribution in [2.75, 3.05) is 84.3 Å². The summed E-state index contributed by atoms with van der Waals surface area (Å²) >= 11 is 0. The highest BCUT2D eigenvalue weighted by molar-refractivity contribution is 5.99. The van der Waals surface area contributed by atoms with Crippen molar-refractivity contribution < 1.29 is 48.0 Å². The molecule has 1 unspecified atom stereocenters. The second kappa shape index (κ2) is 24.1. The average Bonchev–Trinajstić information content (AvgIpc) is 3.04. The van der Waals surface area contributed by atoms with Crippen molar-refractivity contribution >= 4 is 41.6 Å². The van der Waals surface area contributed by atoms with Gasteiger partial charge in [0.1, 0.15) is 6.29 Å². The van der Waals surface area contributed by atoms with Crippen LogP contribution < -0.4 is 26.6 Å². The van der Waals surface area contributed by atoms with Crippen LogP contribution in [0.1, 0.15) is 42.5 Å². The minimum absolute atomic E-state index is 0.0197. The predicted molar refractivity (Wildman–Crippen MR) is 165 cm³/mol. The third-order valence-corrected chi connectivity index (χ3v) is 6.11. The van der Waals surface area contributed by atoms with Crippen molar-refractivity contribution in [3.05, 3.63) is 24.0 Å². The van der Waals surface area contributed by atoms with Crippen LogP contribution in [0.15, 0.2) is 23.5 Å². The molecule has 0 saturated heterocycles. The summed E-state index contributed by atoms with van der Waals surface area (Å²) in [5, 5.41) is 22.4. The molecule has 0 spiro atoms. The van der Waals surface area contributed by atoms with E-state index >= 15 is 0 Å². The molecule has 46 heavy (non-hydrogen) atoms. The van der Waals surface area contributed by atoms with E-state index in [-0.39, 0.29) is 37.1 Å². The van der Waals surface area contributed by atoms with Gasteiger partial charge < -0.3 is 55.4 Å². The number of carbonyl (C=O) groups is 5. The second-order valence-electron chi connectivity index (χ2n) is 9.93. The maximum Gasteiger partial charge on any atom is 0.305 e. The molecular weight excluding hydrogens is 606 g/mol. The van der Waals surface area contributed by atoms with Gasteiger partial charge in [-0.25, -0.2) is 0 Å². The zero-order valence-corrected chi connectivity index (χ0v) is 25.9. The van der Waals surface area contributed by atoms with Crippen LogP contribution in [0.2, 0.25) is 0 Å². The number of guanidine groups is 1. The molecule has 1 atom stereocenters. The molecule has 6 N–H and O–H groups in total. The highest BCUT2D eigenvalue weighted by atomic mass is 16.5. The van der Waals surface area contributed by atoms with Gasteiger partial charge >= 0.3 is 5.97 Å². The van der Waals surface area contributed by atoms with Gasteiger partial charge in [0.2, 0.25) is 11.8 Å². The van der Waals surface area contributed by atoms with Gasteiger partial charge in [0.25, 0.3) is 5.91 Å². The normalized spacial score (nSPS) is 14.0. The van der Waals surface area contributed by atoms with Crippen molar-refractivity contribution in [3.8, 4) is 0 Å². The summed E-state index contributed by atoms with van der Waals surface area (Å²) in [7, 11) is 0. The Labute approximate surface area is 267 Å². The van der Waals surface area contributed by atoms with Crippen LogP contribution >= 0.6 is 0 Å². The Morgan fingerprint density at radius 2 is 1.63 bits per heavy atom. The van der Waals surface area contributed by atoms with E-state index in [9.17, 15) is 24.0 Å². The summed E-state index contributed by atoms with van der Waals surface area (Å²) in [6, 6.07) is 1.57. The second-order valence-corrected chi connectivity index (χ2v) is 9.93. The van der Waals surface area contributed by atoms with Crippen LogP contribution in [0.3, 0.4) is 0 Å². The quantitative estimate of drug-likeness (QED) is 0.0556. The number of aliphatic carboxylic acids is 1. The van der Waals surface area contributed by atoms with Crippen molar-refractivity contribution in [2.45, 2.75) is 38.2 Å². The third kappa shape index (κ3) is 18.6. The Bertz CT molecular complexity index is 1120. The smallest absolute Gasteiger partial charge is 0.305 e. The van der Waals surface area contributed by atoms with E-state index in [0.717, 1.165) is 12.7 Å². The molecule has 1 aliphatic rings. The molecule has 17 heteroatoms. The Kier molecular flexibility index (Phi) is 19.9. The van der Waals surface area contributed by atoms with Gasteiger partial charge in [-0.2, -0.15) is 0 Å². The van der Waals surface area contributed by atoms with E-state index in [1.54, 1.807) is 6.07 Å². The van der Waals surface area contributed by atoms with Crippen molar-refractivity contribution in [1.29, 1.82) is 0 Å². The van der Waals surface area contributed by atoms with Gasteiger partial charge in [-0.15, -0.1) is 0 Å². The molecule has 2 heterocycles. The number of aliphatic imine (C=N–C) groups is 1. The Morgan fingerprint density at radius 1 is 0.891 bits per heavy atom. The number of carbonyl (C=O) groups excluding carboxylic acids is 4. The van der Waals surface area contributed by atoms with E-state index in [1.807, 2.05) is 0 Å². The molecule has 17 nitrogen and oxygen atoms in total. The fourth-order valence-corrected chi connectivity index (χ4v) is 3.77. The van der Waals surface area contributed by atoms with E-state index < -0.39 is 17.8 Å². The molecule has 0 saturated carbocycles. The molecule has 3 amide bonds. The van der Waals surface area contributed by atoms with Crippen molar-refractivity contribution in [1.82, 2.24) is 26.3 Å². The molecule has 1 aromatic rings. The molecular formula is C29H45N7O10. The lowest BCUT2D eigenvalue weighted by molar-refractivity contribution is -0.137. The monoisotopic (exact) mass is 651 g/mol. The van der Waals surface area contributed by atoms with E-state index in [1.165, 1.54) is 12.4 Å². The standard InChI is InChI=1S/C29H45N7O10/c37-8-2-1-4-25(38)32-7-11-44-13-15-45-14-12-43-9-3-10-46-24-19-34-29(35-20-24)36-23-16-22(17-30-18-23)28(42)33-21-26(39)31-6-5-27(40)41/h8,16-18,24H,1-7,9-15,19-21H2,(H,31,39)(H,32,38)(H,33,42)(H,40,41)(H2,34,35,36). The van der Waals surface area contributed by atoms with Crippen LogP contribution in [-0.2, 0) is 38.1 Å². The average molecular weight is 652 g/mol. The summed E-state index contributed by atoms with van der Waals surface area (Å²) in [4.78, 5) is 64.8. The maximum atomic E-state index is 12.4. The SMILES string of the molecule is O=CCCCC(=O)NCCOCCOCCOCCCOC1CN=C(Nc2cncc(C(=O)NCC(=O)NCCC(=O)O)c2)NC1. The number of hydrogen-bond donors (Lipinski definition) is 6. The van der Waals surface area contributed by atoms with Crippen molar-refractivity contribution in [2.24, 2.45) is 4.99 Å². The first-order valence-corrected chi connectivity index (χ1v) is 15.2. The zero-order chi connectivity index (χ0) is 33.2. The number of nitrogens with zero attached hydrogens (tertiary/aromatic N) is 2. The van der Waals surface area contributed by atoms with Crippen molar-refractivity contribution in [3.63, 3.8) is 0 Å². The molecule has 0 radical (unpaired) electrons. The highest BCUT2D eigenvalue weighted by Gasteiger charge is 2.16. The number of hydrogen-bond acceptors (Lipinski definition) is 13. The summed E-state index contributed by atoms with van der Waals surface area (Å²) in [6.07, 6.45) is 5.42. The van der Waals surface area contributed by atoms with Gasteiger partial charge in [-0.05, 0) is 18.9 Å². The largest absolute Gasteiger partial charge is 0.481 e. The van der Waals surface area contributed by atoms with Crippen LogP contribution in [0, 0.1) is 0 Å². The maximum absolute atomic E-state index is 12.4. The minimum Gasteiger partial charge on any atom is -0.481 e. The summed E-state index contributed by atoms with van der Waals surface area (Å²) in [6.45, 7) is 4.32. The minimum atomic E-state index is -1.03. The van der Waals surface area contributed by atoms with Crippen LogP contribution in [-0.4, -0.2) is 131 Å². The van der Waals surface area contributed by atoms with Gasteiger partial charge in [0.05, 0.1) is 76.1 Å². The number of unbranched alkanes of at least 4 members (excludes halogenated alkanes) is 1. The summed E-state index contributed by atoms with van der Waals surface area (Å²) in [5.74, 6) is -1.59. The number of aldehydes is 1. The number of ether oxygens (including phenoxy) is 4. The molecule has 0 bridgehead atoms. The fraction of sp³-hybridized carbons (Fsp3) is 0.621. The number of amides is 3. The lowest BCUT2D eigenvalue weighted by Gasteiger charge is -2.24. The van der Waals surface area contributed by atoms with Crippen LogP contribution in [0.5, 0.6) is 0 Å². The van der Waals surface area contributed by atoms with Gasteiger partial charge in [0, 0.05) is 51.9 Å². The number of anilines is 1. The lowest BCUT2D eigenvalue weighted by Crippen LogP contribution is -2.44. The first kappa shape index (κ1) is 38.0. The first-order chi connectivity index (χ1) is 22.4. The van der Waals surface area contributed by atoms with E-state index in [2.05, 4.69) is 36.6 Å². The van der Waals surface area contributed by atoms with Crippen LogP contribution in [0.4, 0.5) is 5.69 Å². The van der Waals surface area contributed by atoms with Crippen LogP contribution in [0.25, 0.3) is 0 Å². The van der Waals surface area contributed by atoms with Gasteiger partial charge in [0.15, 0.2) is 5.96 Å². The summed E-state index contributed by atoms with van der Waals surface area (Å²) < 4.78 is 22.3. The number of rotatable bonds is 25. The molecule has 256 valence electrons. The molecule has 1 aromatic heterocycles. The number of carboxylic acids is 1. The van der Waals surface area contributed by atoms with Gasteiger partial charge in [-0.1, -0.05) is 0 Å². The predicted octanol–water partition coefficient (Wildman–Crippen LogP) is -0.916. The number of aromatic nitrogens is 1. The Hall–Kier alpha value is -4.19. The number of pyridine rings is 1. The number of carboxylic acid groups (broad SMARTS) is 1.